The minimum Gasteiger partial charge on any atom is -0.310 e. The summed E-state index contributed by atoms with van der Waals surface area (Å²) < 4.78 is 0. The van der Waals surface area contributed by atoms with Gasteiger partial charge in [0.05, 0.1) is 0 Å². The number of rotatable bonds is 2. The largest absolute Gasteiger partial charge is 0.310 e. The van der Waals surface area contributed by atoms with Crippen LogP contribution in [0.25, 0.3) is 0 Å². The first-order valence-corrected chi connectivity index (χ1v) is 6.69. The molecule has 3 aliphatic rings. The van der Waals surface area contributed by atoms with Gasteiger partial charge >= 0.3 is 0 Å². The molecule has 0 aromatic rings. The molecule has 0 aromatic carbocycles. The highest BCUT2D eigenvalue weighted by atomic mass is 15.1. The minimum atomic E-state index is 0.509. The fourth-order valence-electron chi connectivity index (χ4n) is 4.28. The first kappa shape index (κ1) is 10.1. The van der Waals surface area contributed by atoms with Crippen LogP contribution in [0.4, 0.5) is 0 Å². The van der Waals surface area contributed by atoms with Crippen molar-refractivity contribution in [1.29, 1.82) is 0 Å². The average Bonchev–Trinajstić information content (AvgIpc) is 2.65. The molecule has 0 amide bonds. The van der Waals surface area contributed by atoms with E-state index in [0.717, 1.165) is 23.9 Å². The van der Waals surface area contributed by atoms with Gasteiger partial charge in [0.25, 0.3) is 0 Å². The molecular formula is C14H25N. The lowest BCUT2D eigenvalue weighted by molar-refractivity contribution is 0.332. The highest BCUT2D eigenvalue weighted by molar-refractivity contribution is 5.19. The van der Waals surface area contributed by atoms with Crippen molar-refractivity contribution >= 4 is 0 Å². The van der Waals surface area contributed by atoms with E-state index in [1.165, 1.54) is 25.7 Å². The number of hydrogen-bond acceptors (Lipinski definition) is 1. The number of fused-ring (bicyclic) bond motifs is 2. The van der Waals surface area contributed by atoms with Crippen molar-refractivity contribution in [3.8, 4) is 0 Å². The van der Waals surface area contributed by atoms with Crippen molar-refractivity contribution in [1.82, 2.24) is 5.32 Å². The molecule has 2 bridgehead atoms. The molecule has 0 heterocycles. The Kier molecular flexibility index (Phi) is 1.89. The van der Waals surface area contributed by atoms with E-state index in [2.05, 4.69) is 33.0 Å². The molecule has 1 N–H and O–H groups in total. The Morgan fingerprint density at radius 2 is 1.60 bits per heavy atom. The zero-order chi connectivity index (χ0) is 10.8. The van der Waals surface area contributed by atoms with Crippen molar-refractivity contribution in [3.05, 3.63) is 0 Å². The van der Waals surface area contributed by atoms with E-state index < -0.39 is 0 Å². The minimum absolute atomic E-state index is 0.509. The van der Waals surface area contributed by atoms with Gasteiger partial charge < -0.3 is 5.32 Å². The third kappa shape index (κ3) is 1.25. The molecule has 1 heteroatoms. The molecule has 1 nitrogen and oxygen atoms in total. The fraction of sp³-hybridized carbons (Fsp3) is 1.00. The normalized spacial score (nSPS) is 46.0. The third-order valence-corrected chi connectivity index (χ3v) is 6.14. The lowest BCUT2D eigenvalue weighted by atomic mass is 9.95. The van der Waals surface area contributed by atoms with Crippen LogP contribution in [0.2, 0.25) is 0 Å². The Morgan fingerprint density at radius 1 is 0.933 bits per heavy atom. The summed E-state index contributed by atoms with van der Waals surface area (Å²) in [5.74, 6) is 2.08. The summed E-state index contributed by atoms with van der Waals surface area (Å²) >= 11 is 0. The van der Waals surface area contributed by atoms with Crippen molar-refractivity contribution < 1.29 is 0 Å². The predicted molar refractivity (Wildman–Crippen MR) is 63.7 cm³/mol. The van der Waals surface area contributed by atoms with Crippen molar-refractivity contribution in [3.63, 3.8) is 0 Å². The van der Waals surface area contributed by atoms with E-state index >= 15 is 0 Å². The van der Waals surface area contributed by atoms with Gasteiger partial charge in [-0.25, -0.2) is 0 Å². The van der Waals surface area contributed by atoms with Crippen LogP contribution in [0.3, 0.4) is 0 Å². The van der Waals surface area contributed by atoms with Gasteiger partial charge in [-0.1, -0.05) is 34.1 Å². The lowest BCUT2D eigenvalue weighted by Crippen LogP contribution is -2.38. The highest BCUT2D eigenvalue weighted by Crippen LogP contribution is 2.63. The molecule has 3 rings (SSSR count). The maximum atomic E-state index is 3.96. The van der Waals surface area contributed by atoms with Crippen LogP contribution < -0.4 is 5.32 Å². The maximum absolute atomic E-state index is 3.96. The van der Waals surface area contributed by atoms with Crippen LogP contribution in [0.15, 0.2) is 0 Å². The monoisotopic (exact) mass is 207 g/mol. The summed E-state index contributed by atoms with van der Waals surface area (Å²) in [5, 5.41) is 3.96. The third-order valence-electron chi connectivity index (χ3n) is 6.14. The van der Waals surface area contributed by atoms with Gasteiger partial charge in [0.1, 0.15) is 0 Å². The summed E-state index contributed by atoms with van der Waals surface area (Å²) in [7, 11) is 0. The summed E-state index contributed by atoms with van der Waals surface area (Å²) in [6, 6.07) is 1.61. The fourth-order valence-corrected chi connectivity index (χ4v) is 4.28. The van der Waals surface area contributed by atoms with E-state index in [-0.39, 0.29) is 0 Å². The molecule has 3 aliphatic carbocycles. The Labute approximate surface area is 94.0 Å². The van der Waals surface area contributed by atoms with E-state index in [1.807, 2.05) is 0 Å². The maximum Gasteiger partial charge on any atom is 0.0183 e. The Bertz CT molecular complexity index is 265. The summed E-state index contributed by atoms with van der Waals surface area (Å²) in [4.78, 5) is 0. The molecule has 15 heavy (non-hydrogen) atoms. The second-order valence-corrected chi connectivity index (χ2v) is 7.32. The lowest BCUT2D eigenvalue weighted by Gasteiger charge is -2.24. The molecule has 0 aromatic heterocycles. The summed E-state index contributed by atoms with van der Waals surface area (Å²) in [6.45, 7) is 9.66. The van der Waals surface area contributed by atoms with E-state index in [0.29, 0.717) is 10.8 Å². The van der Waals surface area contributed by atoms with Crippen LogP contribution >= 0.6 is 0 Å². The Balaban J connectivity index is 1.64. The SMILES string of the molecule is CC1(C)C(NC2CC3CCC2C3)C1(C)C. The number of nitrogens with one attached hydrogen (secondary N) is 1. The average molecular weight is 207 g/mol. The molecule has 0 radical (unpaired) electrons. The quantitative estimate of drug-likeness (QED) is 0.733. The van der Waals surface area contributed by atoms with Crippen LogP contribution in [-0.2, 0) is 0 Å². The van der Waals surface area contributed by atoms with E-state index in [9.17, 15) is 0 Å². The molecule has 86 valence electrons. The standard InChI is InChI=1S/C14H25N/c1-13(2)12(14(13,3)4)15-11-8-9-5-6-10(11)7-9/h9-12,15H,5-8H2,1-4H3. The van der Waals surface area contributed by atoms with Gasteiger partial charge in [0.15, 0.2) is 0 Å². The van der Waals surface area contributed by atoms with Crippen LogP contribution in [-0.4, -0.2) is 12.1 Å². The summed E-state index contributed by atoms with van der Waals surface area (Å²) in [6.07, 6.45) is 5.99. The van der Waals surface area contributed by atoms with Crippen molar-refractivity contribution in [2.75, 3.05) is 0 Å². The molecule has 0 spiro atoms. The Morgan fingerprint density at radius 3 is 2.00 bits per heavy atom. The molecule has 0 aliphatic heterocycles. The Hall–Kier alpha value is -0.0400. The molecule has 3 saturated carbocycles. The first-order chi connectivity index (χ1) is 6.93. The van der Waals surface area contributed by atoms with E-state index in [4.69, 9.17) is 0 Å². The zero-order valence-electron chi connectivity index (χ0n) is 10.6. The molecule has 0 saturated heterocycles. The van der Waals surface area contributed by atoms with Gasteiger partial charge in [-0.15, -0.1) is 0 Å². The second-order valence-electron chi connectivity index (χ2n) is 7.32. The second kappa shape index (κ2) is 2.80. The van der Waals surface area contributed by atoms with Gasteiger partial charge in [-0.05, 0) is 41.9 Å². The predicted octanol–water partition coefficient (Wildman–Crippen LogP) is 3.20. The topological polar surface area (TPSA) is 12.0 Å². The molecule has 3 unspecified atom stereocenters. The molecule has 3 fully saturated rings. The van der Waals surface area contributed by atoms with Crippen molar-refractivity contribution in [2.45, 2.75) is 65.5 Å². The van der Waals surface area contributed by atoms with Gasteiger partial charge in [0, 0.05) is 12.1 Å². The molecular weight excluding hydrogens is 182 g/mol. The highest BCUT2D eigenvalue weighted by Gasteiger charge is 2.65. The van der Waals surface area contributed by atoms with Gasteiger partial charge in [-0.2, -0.15) is 0 Å². The van der Waals surface area contributed by atoms with Crippen molar-refractivity contribution in [2.24, 2.45) is 22.7 Å². The van der Waals surface area contributed by atoms with Gasteiger partial charge in [-0.3, -0.25) is 0 Å². The van der Waals surface area contributed by atoms with Gasteiger partial charge in [0.2, 0.25) is 0 Å². The van der Waals surface area contributed by atoms with Crippen LogP contribution in [0.1, 0.15) is 53.4 Å². The van der Waals surface area contributed by atoms with E-state index in [1.54, 1.807) is 0 Å². The first-order valence-electron chi connectivity index (χ1n) is 6.69. The van der Waals surface area contributed by atoms with Crippen LogP contribution in [0.5, 0.6) is 0 Å². The summed E-state index contributed by atoms with van der Waals surface area (Å²) in [5.41, 5.74) is 1.02. The molecule has 3 atom stereocenters. The number of hydrogen-bond donors (Lipinski definition) is 1. The zero-order valence-corrected chi connectivity index (χ0v) is 10.6. The smallest absolute Gasteiger partial charge is 0.0183 e. The van der Waals surface area contributed by atoms with Crippen LogP contribution in [0, 0.1) is 22.7 Å².